The standard InChI is InChI=1S/C18H17IN6/c1-24-4-6-25(7-5-24)16-3-2-12(8-13(16)9-20)15-11-22-18-17(23-15)14(19)10-21-18/h2-3,8,10-11H,4-7H2,1H3,(H,21,22). The summed E-state index contributed by atoms with van der Waals surface area (Å²) in [5.74, 6) is 0. The highest BCUT2D eigenvalue weighted by Gasteiger charge is 2.18. The average molecular weight is 444 g/mol. The average Bonchev–Trinajstić information content (AvgIpc) is 3.02. The Morgan fingerprint density at radius 2 is 2.04 bits per heavy atom. The minimum atomic E-state index is 0.688. The molecule has 1 saturated heterocycles. The monoisotopic (exact) mass is 444 g/mol. The molecule has 1 fully saturated rings. The first kappa shape index (κ1) is 16.3. The van der Waals surface area contributed by atoms with E-state index in [0.29, 0.717) is 5.56 Å². The van der Waals surface area contributed by atoms with Gasteiger partial charge in [-0.05, 0) is 41.8 Å². The van der Waals surface area contributed by atoms with Crippen molar-refractivity contribution in [2.75, 3.05) is 38.1 Å². The summed E-state index contributed by atoms with van der Waals surface area (Å²) >= 11 is 2.24. The summed E-state index contributed by atoms with van der Waals surface area (Å²) in [6.45, 7) is 3.91. The summed E-state index contributed by atoms with van der Waals surface area (Å²) in [6.07, 6.45) is 3.65. The van der Waals surface area contributed by atoms with Crippen LogP contribution >= 0.6 is 22.6 Å². The normalized spacial score (nSPS) is 15.5. The number of hydrogen-bond donors (Lipinski definition) is 1. The summed E-state index contributed by atoms with van der Waals surface area (Å²) in [5, 5.41) is 9.63. The molecule has 0 bridgehead atoms. The number of aromatic amines is 1. The van der Waals surface area contributed by atoms with E-state index in [2.05, 4.69) is 55.5 Å². The fourth-order valence-corrected chi connectivity index (χ4v) is 3.64. The molecule has 7 heteroatoms. The van der Waals surface area contributed by atoms with Gasteiger partial charge in [-0.15, -0.1) is 0 Å². The van der Waals surface area contributed by atoms with Crippen LogP contribution in [-0.2, 0) is 0 Å². The highest BCUT2D eigenvalue weighted by molar-refractivity contribution is 14.1. The van der Waals surface area contributed by atoms with Crippen LogP contribution in [0.1, 0.15) is 5.56 Å². The minimum Gasteiger partial charge on any atom is -0.368 e. The van der Waals surface area contributed by atoms with Crippen molar-refractivity contribution >= 4 is 39.4 Å². The summed E-state index contributed by atoms with van der Waals surface area (Å²) in [5.41, 5.74) is 5.03. The van der Waals surface area contributed by atoms with E-state index in [4.69, 9.17) is 4.98 Å². The maximum absolute atomic E-state index is 9.63. The minimum absolute atomic E-state index is 0.688. The zero-order chi connectivity index (χ0) is 17.4. The zero-order valence-electron chi connectivity index (χ0n) is 13.8. The number of H-pyrrole nitrogens is 1. The van der Waals surface area contributed by atoms with Gasteiger partial charge in [0, 0.05) is 37.9 Å². The lowest BCUT2D eigenvalue weighted by Gasteiger charge is -2.34. The van der Waals surface area contributed by atoms with E-state index in [1.165, 1.54) is 0 Å². The molecule has 1 N–H and O–H groups in total. The quantitative estimate of drug-likeness (QED) is 0.616. The Morgan fingerprint density at radius 1 is 1.24 bits per heavy atom. The second-order valence-corrected chi connectivity index (χ2v) is 7.39. The number of hydrogen-bond acceptors (Lipinski definition) is 5. The predicted molar refractivity (Wildman–Crippen MR) is 106 cm³/mol. The number of rotatable bonds is 2. The van der Waals surface area contributed by atoms with Crippen LogP contribution in [0.15, 0.2) is 30.6 Å². The van der Waals surface area contributed by atoms with Crippen molar-refractivity contribution in [2.45, 2.75) is 0 Å². The molecular formula is C18H17IN6. The van der Waals surface area contributed by atoms with Gasteiger partial charge in [0.15, 0.2) is 5.65 Å². The zero-order valence-corrected chi connectivity index (χ0v) is 16.0. The summed E-state index contributed by atoms with van der Waals surface area (Å²) in [7, 11) is 2.13. The Hall–Kier alpha value is -2.18. The van der Waals surface area contributed by atoms with Crippen molar-refractivity contribution in [3.63, 3.8) is 0 Å². The predicted octanol–water partition coefficient (Wildman–Crippen LogP) is 2.85. The van der Waals surface area contributed by atoms with E-state index in [1.54, 1.807) is 6.20 Å². The third kappa shape index (κ3) is 3.07. The van der Waals surface area contributed by atoms with Crippen molar-refractivity contribution in [1.82, 2.24) is 19.9 Å². The lowest BCUT2D eigenvalue weighted by atomic mass is 10.1. The number of benzene rings is 1. The van der Waals surface area contributed by atoms with Crippen LogP contribution in [0.5, 0.6) is 0 Å². The van der Waals surface area contributed by atoms with Gasteiger partial charge in [-0.3, -0.25) is 0 Å². The first-order valence-electron chi connectivity index (χ1n) is 8.13. The number of halogens is 1. The molecule has 0 aliphatic carbocycles. The van der Waals surface area contributed by atoms with Gasteiger partial charge >= 0.3 is 0 Å². The van der Waals surface area contributed by atoms with Crippen LogP contribution in [0.2, 0.25) is 0 Å². The van der Waals surface area contributed by atoms with Gasteiger partial charge in [0.2, 0.25) is 0 Å². The second-order valence-electron chi connectivity index (χ2n) is 6.22. The SMILES string of the molecule is CN1CCN(c2ccc(-c3cnc4[nH]cc(I)c4n3)cc2C#N)CC1. The van der Waals surface area contributed by atoms with Gasteiger partial charge in [-0.2, -0.15) is 5.26 Å². The summed E-state index contributed by atoms with van der Waals surface area (Å²) < 4.78 is 1.04. The summed E-state index contributed by atoms with van der Waals surface area (Å²) in [6, 6.07) is 8.33. The third-order valence-electron chi connectivity index (χ3n) is 4.59. The molecule has 0 amide bonds. The van der Waals surface area contributed by atoms with Crippen molar-refractivity contribution < 1.29 is 0 Å². The number of anilines is 1. The third-order valence-corrected chi connectivity index (χ3v) is 5.41. The van der Waals surface area contributed by atoms with Crippen LogP contribution in [0, 0.1) is 14.9 Å². The fourth-order valence-electron chi connectivity index (χ4n) is 3.11. The molecule has 0 saturated carbocycles. The van der Waals surface area contributed by atoms with Crippen LogP contribution in [0.3, 0.4) is 0 Å². The number of piperazine rings is 1. The molecule has 3 heterocycles. The van der Waals surface area contributed by atoms with Gasteiger partial charge in [-0.25, -0.2) is 9.97 Å². The smallest absolute Gasteiger partial charge is 0.157 e. The van der Waals surface area contributed by atoms with E-state index in [0.717, 1.165) is 57.9 Å². The molecule has 3 aromatic rings. The van der Waals surface area contributed by atoms with Gasteiger partial charge < -0.3 is 14.8 Å². The van der Waals surface area contributed by atoms with Gasteiger partial charge in [0.25, 0.3) is 0 Å². The number of aromatic nitrogens is 3. The van der Waals surface area contributed by atoms with Crippen molar-refractivity contribution in [3.05, 3.63) is 39.7 Å². The molecule has 0 unspecified atom stereocenters. The first-order chi connectivity index (χ1) is 12.2. The van der Waals surface area contributed by atoms with E-state index in [9.17, 15) is 5.26 Å². The molecule has 25 heavy (non-hydrogen) atoms. The lowest BCUT2D eigenvalue weighted by molar-refractivity contribution is 0.313. The molecule has 126 valence electrons. The molecule has 4 rings (SSSR count). The first-order valence-corrected chi connectivity index (χ1v) is 9.21. The second kappa shape index (κ2) is 6.61. The number of fused-ring (bicyclic) bond motifs is 1. The number of nitriles is 1. The van der Waals surface area contributed by atoms with Crippen molar-refractivity contribution in [1.29, 1.82) is 5.26 Å². The van der Waals surface area contributed by atoms with E-state index < -0.39 is 0 Å². The van der Waals surface area contributed by atoms with E-state index in [-0.39, 0.29) is 0 Å². The van der Waals surface area contributed by atoms with Gasteiger partial charge in [0.1, 0.15) is 11.6 Å². The molecule has 1 aliphatic rings. The van der Waals surface area contributed by atoms with Gasteiger partial charge in [0.05, 0.1) is 26.7 Å². The molecule has 1 aromatic carbocycles. The molecule has 1 aliphatic heterocycles. The summed E-state index contributed by atoms with van der Waals surface area (Å²) in [4.78, 5) is 16.8. The molecule has 0 atom stereocenters. The number of nitrogens with one attached hydrogen (secondary N) is 1. The maximum Gasteiger partial charge on any atom is 0.157 e. The van der Waals surface area contributed by atoms with Crippen LogP contribution in [0.25, 0.3) is 22.4 Å². The highest BCUT2D eigenvalue weighted by Crippen LogP contribution is 2.28. The van der Waals surface area contributed by atoms with E-state index >= 15 is 0 Å². The Balaban J connectivity index is 1.71. The highest BCUT2D eigenvalue weighted by atomic mass is 127. The molecule has 0 radical (unpaired) electrons. The van der Waals surface area contributed by atoms with Crippen LogP contribution in [0.4, 0.5) is 5.69 Å². The number of likely N-dealkylation sites (N-methyl/N-ethyl adjacent to an activating group) is 1. The Morgan fingerprint density at radius 3 is 2.80 bits per heavy atom. The fraction of sp³-hybridized carbons (Fsp3) is 0.278. The maximum atomic E-state index is 9.63. The number of nitrogens with zero attached hydrogens (tertiary/aromatic N) is 5. The Labute approximate surface area is 159 Å². The Bertz CT molecular complexity index is 965. The van der Waals surface area contributed by atoms with E-state index in [1.807, 2.05) is 24.4 Å². The Kier molecular flexibility index (Phi) is 4.31. The van der Waals surface area contributed by atoms with Gasteiger partial charge in [-0.1, -0.05) is 6.07 Å². The molecule has 2 aromatic heterocycles. The largest absolute Gasteiger partial charge is 0.368 e. The molecule has 0 spiro atoms. The van der Waals surface area contributed by atoms with Crippen LogP contribution < -0.4 is 4.90 Å². The lowest BCUT2D eigenvalue weighted by Crippen LogP contribution is -2.44. The molecule has 6 nitrogen and oxygen atoms in total. The molecular weight excluding hydrogens is 427 g/mol. The topological polar surface area (TPSA) is 71.8 Å². The van der Waals surface area contributed by atoms with Crippen LogP contribution in [-0.4, -0.2) is 53.1 Å². The van der Waals surface area contributed by atoms with Crippen molar-refractivity contribution in [2.24, 2.45) is 0 Å². The van der Waals surface area contributed by atoms with Crippen molar-refractivity contribution in [3.8, 4) is 17.3 Å².